The molecule has 5 heteroatoms. The Morgan fingerprint density at radius 3 is 1.93 bits per heavy atom. The third-order valence-corrected chi connectivity index (χ3v) is 11.4. The van der Waals surface area contributed by atoms with Crippen LogP contribution in [0.15, 0.2) is 0 Å². The third-order valence-electron chi connectivity index (χ3n) is 6.95. The van der Waals surface area contributed by atoms with Gasteiger partial charge in [0.2, 0.25) is 0 Å². The minimum Gasteiger partial charge on any atom is -0.378 e. The van der Waals surface area contributed by atoms with E-state index in [2.05, 4.69) is 52.8 Å². The van der Waals surface area contributed by atoms with Crippen molar-refractivity contribution in [3.63, 3.8) is 0 Å². The molecule has 2 saturated carbocycles. The number of hydrogen-bond acceptors (Lipinski definition) is 1. The first kappa shape index (κ1) is 24.9. The minimum absolute atomic E-state index is 0.540. The predicted molar refractivity (Wildman–Crippen MR) is 132 cm³/mol. The van der Waals surface area contributed by atoms with Crippen LogP contribution in [0, 0.1) is 17.8 Å². The van der Waals surface area contributed by atoms with Crippen LogP contribution in [0.4, 0.5) is 0 Å². The number of unbranched alkanes of at least 4 members (excludes halogenated alkanes) is 4. The van der Waals surface area contributed by atoms with E-state index in [0.29, 0.717) is 6.10 Å². The summed E-state index contributed by atoms with van der Waals surface area (Å²) in [6, 6.07) is 1.17. The molecule has 0 aliphatic heterocycles. The second-order valence-corrected chi connectivity index (χ2v) is 32.6. The van der Waals surface area contributed by atoms with Gasteiger partial charge in [-0.25, -0.2) is 0 Å². The van der Waals surface area contributed by atoms with Gasteiger partial charge in [0.15, 0.2) is 0 Å². The smallest absolute Gasteiger partial charge is 0.267 e. The van der Waals surface area contributed by atoms with E-state index in [9.17, 15) is 0 Å². The van der Waals surface area contributed by atoms with Gasteiger partial charge in [0, 0.05) is 6.61 Å². The Morgan fingerprint density at radius 1 is 0.741 bits per heavy atom. The van der Waals surface area contributed by atoms with Gasteiger partial charge in [0.25, 0.3) is 3.93 Å². The molecule has 0 aromatic rings. The van der Waals surface area contributed by atoms with Gasteiger partial charge in [0.1, 0.15) is 0 Å². The van der Waals surface area contributed by atoms with E-state index in [1.54, 1.807) is 0 Å². The molecule has 0 amide bonds. The third kappa shape index (κ3) is 11.0. The molecule has 2 fully saturated rings. The lowest BCUT2D eigenvalue weighted by Crippen LogP contribution is -2.29. The van der Waals surface area contributed by atoms with Gasteiger partial charge in [-0.3, -0.25) is 0 Å². The molecule has 0 unspecified atom stereocenters. The summed E-state index contributed by atoms with van der Waals surface area (Å²) in [6.45, 7) is 3.24. The van der Waals surface area contributed by atoms with Crippen LogP contribution in [-0.4, -0.2) is 16.6 Å². The number of halogens is 3. The summed E-state index contributed by atoms with van der Waals surface area (Å²) < 4.78 is 4.72. The lowest BCUT2D eigenvalue weighted by atomic mass is 9.70. The fraction of sp³-hybridized carbons (Fsp3) is 1.00. The van der Waals surface area contributed by atoms with E-state index in [-0.39, 0.29) is 0 Å². The molecule has 0 aromatic carbocycles. The summed E-state index contributed by atoms with van der Waals surface area (Å²) in [5.41, 5.74) is 0. The van der Waals surface area contributed by atoms with Gasteiger partial charge in [-0.2, -0.15) is 0 Å². The van der Waals surface area contributed by atoms with E-state index in [1.165, 1.54) is 95.9 Å². The molecule has 0 saturated heterocycles. The molecule has 2 rings (SSSR count). The molecular formula is C22H41Br3OSi. The Balaban J connectivity index is 1.52. The Kier molecular flexibility index (Phi) is 12.7. The van der Waals surface area contributed by atoms with Crippen molar-refractivity contribution >= 4 is 49.8 Å². The molecule has 0 bridgehead atoms. The van der Waals surface area contributed by atoms with Crippen LogP contribution in [0.3, 0.4) is 0 Å². The highest BCUT2D eigenvalue weighted by molar-refractivity contribution is 9.72. The average Bonchev–Trinajstić information content (AvgIpc) is 2.65. The highest BCUT2D eigenvalue weighted by Gasteiger charge is 2.31. The van der Waals surface area contributed by atoms with Crippen LogP contribution in [-0.2, 0) is 4.74 Å². The molecule has 0 radical (unpaired) electrons. The predicted octanol–water partition coefficient (Wildman–Crippen LogP) is 9.24. The van der Waals surface area contributed by atoms with Crippen molar-refractivity contribution in [2.45, 2.75) is 115 Å². The first-order valence-corrected chi connectivity index (χ1v) is 20.6. The molecule has 160 valence electrons. The Morgan fingerprint density at radius 2 is 1.33 bits per heavy atom. The lowest BCUT2D eigenvalue weighted by Gasteiger charge is -2.38. The maximum atomic E-state index is 6.16. The van der Waals surface area contributed by atoms with Crippen molar-refractivity contribution in [2.24, 2.45) is 17.8 Å². The lowest BCUT2D eigenvalue weighted by molar-refractivity contribution is 0.00728. The summed E-state index contributed by atoms with van der Waals surface area (Å²) in [5.74, 6) is 3.09. The number of ether oxygens (including phenoxy) is 1. The van der Waals surface area contributed by atoms with Crippen LogP contribution < -0.4 is 0 Å². The Bertz CT molecular complexity index is 372. The zero-order valence-corrected chi connectivity index (χ0v) is 23.1. The SMILES string of the molecule is CCCCCCCC1CCC(C2CCC(OCCC[Si](Br)(Br)Br)CC2)CC1. The molecular weight excluding hydrogens is 548 g/mol. The van der Waals surface area contributed by atoms with E-state index >= 15 is 0 Å². The van der Waals surface area contributed by atoms with Crippen molar-refractivity contribution in [1.29, 1.82) is 0 Å². The summed E-state index contributed by atoms with van der Waals surface area (Å²) in [4.78, 5) is 0. The number of hydrogen-bond donors (Lipinski definition) is 0. The van der Waals surface area contributed by atoms with Gasteiger partial charge in [-0.05, 0) is 68.7 Å². The highest BCUT2D eigenvalue weighted by atomic mass is 80.0. The molecule has 27 heavy (non-hydrogen) atoms. The van der Waals surface area contributed by atoms with Crippen molar-refractivity contribution in [2.75, 3.05) is 6.61 Å². The molecule has 1 nitrogen and oxygen atoms in total. The highest BCUT2D eigenvalue weighted by Crippen LogP contribution is 2.41. The monoisotopic (exact) mass is 586 g/mol. The second kappa shape index (κ2) is 13.8. The zero-order valence-electron chi connectivity index (χ0n) is 17.4. The quantitative estimate of drug-likeness (QED) is 0.125. The minimum atomic E-state index is -1.44. The maximum absolute atomic E-state index is 6.16. The van der Waals surface area contributed by atoms with Crippen LogP contribution in [0.5, 0.6) is 0 Å². The van der Waals surface area contributed by atoms with E-state index in [0.717, 1.165) is 30.8 Å². The molecule has 0 aromatic heterocycles. The van der Waals surface area contributed by atoms with Crippen molar-refractivity contribution < 1.29 is 4.74 Å². The second-order valence-electron chi connectivity index (χ2n) is 9.11. The van der Waals surface area contributed by atoms with Gasteiger partial charge in [-0.1, -0.05) is 104 Å². The first-order valence-electron chi connectivity index (χ1n) is 11.7. The van der Waals surface area contributed by atoms with E-state index in [1.807, 2.05) is 0 Å². The van der Waals surface area contributed by atoms with Crippen molar-refractivity contribution in [3.8, 4) is 0 Å². The van der Waals surface area contributed by atoms with Crippen molar-refractivity contribution in [1.82, 2.24) is 0 Å². The topological polar surface area (TPSA) is 9.23 Å². The van der Waals surface area contributed by atoms with E-state index < -0.39 is 3.93 Å². The van der Waals surface area contributed by atoms with Gasteiger partial charge in [0.05, 0.1) is 6.10 Å². The Hall–Kier alpha value is 1.62. The first-order chi connectivity index (χ1) is 13.0. The van der Waals surface area contributed by atoms with Crippen LogP contribution in [0.2, 0.25) is 6.04 Å². The molecule has 0 atom stereocenters. The summed E-state index contributed by atoms with van der Waals surface area (Å²) in [6.07, 6.45) is 22.0. The summed E-state index contributed by atoms with van der Waals surface area (Å²) in [7, 11) is 0. The number of rotatable bonds is 12. The maximum Gasteiger partial charge on any atom is 0.267 e. The van der Waals surface area contributed by atoms with E-state index in [4.69, 9.17) is 4.74 Å². The molecule has 0 heterocycles. The van der Waals surface area contributed by atoms with Crippen LogP contribution in [0.25, 0.3) is 0 Å². The van der Waals surface area contributed by atoms with Gasteiger partial charge in [-0.15, -0.1) is 0 Å². The molecule has 0 spiro atoms. The molecule has 2 aliphatic rings. The fourth-order valence-corrected chi connectivity index (χ4v) is 8.30. The normalized spacial score (nSPS) is 29.8. The van der Waals surface area contributed by atoms with Crippen LogP contribution >= 0.6 is 45.9 Å². The van der Waals surface area contributed by atoms with Gasteiger partial charge >= 0.3 is 0 Å². The van der Waals surface area contributed by atoms with Crippen molar-refractivity contribution in [3.05, 3.63) is 0 Å². The zero-order chi connectivity index (χ0) is 19.5. The summed E-state index contributed by atoms with van der Waals surface area (Å²) in [5, 5.41) is 0. The fourth-order valence-electron chi connectivity index (χ4n) is 5.23. The molecule has 0 N–H and O–H groups in total. The van der Waals surface area contributed by atoms with Gasteiger partial charge < -0.3 is 4.74 Å². The standard InChI is InChI=1S/C22H41Br3OSi/c1-2-3-4-5-6-8-19-9-11-20(12-10-19)21-13-15-22(16-14-21)26-17-7-18-27(23,24)25/h19-22H,2-18H2,1H3. The van der Waals surface area contributed by atoms with Crippen LogP contribution in [0.1, 0.15) is 103 Å². The average molecular weight is 589 g/mol. The summed E-state index contributed by atoms with van der Waals surface area (Å²) >= 11 is 11.1. The molecule has 2 aliphatic carbocycles. The Labute approximate surface area is 193 Å². The largest absolute Gasteiger partial charge is 0.378 e.